The van der Waals surface area contributed by atoms with Crippen LogP contribution in [0.3, 0.4) is 0 Å². The number of pyridine rings is 1. The van der Waals surface area contributed by atoms with Gasteiger partial charge in [-0.05, 0) is 57.6 Å². The van der Waals surface area contributed by atoms with E-state index in [4.69, 9.17) is 0 Å². The standard InChI is InChI=1S/C16H29N3/c1-3-11-17-12-7-5-9-14-19(4-2)15-16-10-6-8-13-18-16/h6,8,10,13,17H,3-5,7,9,11-12,14-15H2,1-2H3. The quantitative estimate of drug-likeness (QED) is 0.622. The minimum absolute atomic E-state index is 0.978. The molecule has 1 rings (SSSR count). The maximum Gasteiger partial charge on any atom is 0.0543 e. The van der Waals surface area contributed by atoms with Crippen molar-refractivity contribution in [1.29, 1.82) is 0 Å². The summed E-state index contributed by atoms with van der Waals surface area (Å²) in [6.45, 7) is 10.0. The first-order chi connectivity index (χ1) is 9.36. The predicted octanol–water partition coefficient (Wildman–Crippen LogP) is 3.07. The molecule has 0 unspecified atom stereocenters. The summed E-state index contributed by atoms with van der Waals surface area (Å²) >= 11 is 0. The van der Waals surface area contributed by atoms with Crippen LogP contribution in [-0.2, 0) is 6.54 Å². The van der Waals surface area contributed by atoms with Crippen molar-refractivity contribution in [2.45, 2.75) is 46.1 Å². The zero-order valence-corrected chi connectivity index (χ0v) is 12.6. The molecule has 0 amide bonds. The molecule has 0 aliphatic rings. The van der Waals surface area contributed by atoms with Gasteiger partial charge in [0.1, 0.15) is 0 Å². The molecule has 1 N–H and O–H groups in total. The summed E-state index contributed by atoms with van der Waals surface area (Å²) in [7, 11) is 0. The molecule has 0 radical (unpaired) electrons. The molecule has 0 aliphatic carbocycles. The number of hydrogen-bond acceptors (Lipinski definition) is 3. The molecule has 1 heterocycles. The highest BCUT2D eigenvalue weighted by atomic mass is 15.1. The molecule has 3 heteroatoms. The Balaban J connectivity index is 2.09. The fraction of sp³-hybridized carbons (Fsp3) is 0.688. The number of aromatic nitrogens is 1. The lowest BCUT2D eigenvalue weighted by Gasteiger charge is -2.19. The van der Waals surface area contributed by atoms with Gasteiger partial charge in [-0.2, -0.15) is 0 Å². The summed E-state index contributed by atoms with van der Waals surface area (Å²) in [5.41, 5.74) is 1.17. The monoisotopic (exact) mass is 263 g/mol. The molecule has 0 spiro atoms. The van der Waals surface area contributed by atoms with Crippen LogP contribution in [0, 0.1) is 0 Å². The third-order valence-electron chi connectivity index (χ3n) is 3.31. The molecule has 0 fully saturated rings. The van der Waals surface area contributed by atoms with Crippen LogP contribution in [0.2, 0.25) is 0 Å². The summed E-state index contributed by atoms with van der Waals surface area (Å²) < 4.78 is 0. The first kappa shape index (κ1) is 16.1. The Morgan fingerprint density at radius 3 is 2.68 bits per heavy atom. The SMILES string of the molecule is CCCNCCCCCN(CC)Cc1ccccn1. The highest BCUT2D eigenvalue weighted by Crippen LogP contribution is 2.04. The zero-order valence-electron chi connectivity index (χ0n) is 12.6. The van der Waals surface area contributed by atoms with Crippen LogP contribution >= 0.6 is 0 Å². The first-order valence-electron chi connectivity index (χ1n) is 7.69. The van der Waals surface area contributed by atoms with Gasteiger partial charge in [0.2, 0.25) is 0 Å². The van der Waals surface area contributed by atoms with Crippen LogP contribution in [0.1, 0.15) is 45.2 Å². The number of unbranched alkanes of at least 4 members (excludes halogenated alkanes) is 2. The maximum absolute atomic E-state index is 4.39. The molecule has 3 nitrogen and oxygen atoms in total. The van der Waals surface area contributed by atoms with E-state index < -0.39 is 0 Å². The summed E-state index contributed by atoms with van der Waals surface area (Å²) in [4.78, 5) is 6.87. The van der Waals surface area contributed by atoms with Gasteiger partial charge in [0, 0.05) is 12.7 Å². The summed E-state index contributed by atoms with van der Waals surface area (Å²) in [6, 6.07) is 6.15. The molecule has 1 aromatic rings. The average Bonchev–Trinajstić information content (AvgIpc) is 2.46. The van der Waals surface area contributed by atoms with Crippen LogP contribution in [0.25, 0.3) is 0 Å². The van der Waals surface area contributed by atoms with Crippen LogP contribution in [0.5, 0.6) is 0 Å². The third-order valence-corrected chi connectivity index (χ3v) is 3.31. The van der Waals surface area contributed by atoms with Gasteiger partial charge < -0.3 is 5.32 Å². The predicted molar refractivity (Wildman–Crippen MR) is 82.2 cm³/mol. The van der Waals surface area contributed by atoms with Crippen LogP contribution < -0.4 is 5.32 Å². The van der Waals surface area contributed by atoms with Gasteiger partial charge in [-0.1, -0.05) is 26.3 Å². The Morgan fingerprint density at radius 2 is 2.00 bits per heavy atom. The van der Waals surface area contributed by atoms with Gasteiger partial charge >= 0.3 is 0 Å². The normalized spacial score (nSPS) is 11.1. The largest absolute Gasteiger partial charge is 0.317 e. The highest BCUT2D eigenvalue weighted by molar-refractivity contribution is 5.03. The second-order valence-electron chi connectivity index (χ2n) is 5.00. The minimum Gasteiger partial charge on any atom is -0.317 e. The van der Waals surface area contributed by atoms with E-state index in [-0.39, 0.29) is 0 Å². The lowest BCUT2D eigenvalue weighted by Crippen LogP contribution is -2.24. The summed E-state index contributed by atoms with van der Waals surface area (Å²) in [5.74, 6) is 0. The van der Waals surface area contributed by atoms with Gasteiger partial charge in [-0.25, -0.2) is 0 Å². The molecule has 0 atom stereocenters. The Hall–Kier alpha value is -0.930. The van der Waals surface area contributed by atoms with E-state index in [1.807, 2.05) is 12.3 Å². The lowest BCUT2D eigenvalue weighted by molar-refractivity contribution is 0.269. The number of rotatable bonds is 11. The molecule has 0 saturated heterocycles. The van der Waals surface area contributed by atoms with Crippen molar-refractivity contribution in [3.63, 3.8) is 0 Å². The van der Waals surface area contributed by atoms with Crippen molar-refractivity contribution in [1.82, 2.24) is 15.2 Å². The van der Waals surface area contributed by atoms with E-state index in [2.05, 4.69) is 41.2 Å². The average molecular weight is 263 g/mol. The van der Waals surface area contributed by atoms with Gasteiger partial charge in [-0.15, -0.1) is 0 Å². The van der Waals surface area contributed by atoms with Crippen molar-refractivity contribution >= 4 is 0 Å². The van der Waals surface area contributed by atoms with Gasteiger partial charge in [0.25, 0.3) is 0 Å². The second-order valence-corrected chi connectivity index (χ2v) is 5.00. The molecule has 0 bridgehead atoms. The molecule has 108 valence electrons. The van der Waals surface area contributed by atoms with Crippen molar-refractivity contribution in [2.24, 2.45) is 0 Å². The lowest BCUT2D eigenvalue weighted by atomic mass is 10.2. The Bertz CT molecular complexity index is 300. The summed E-state index contributed by atoms with van der Waals surface area (Å²) in [5, 5.41) is 3.45. The van der Waals surface area contributed by atoms with Crippen LogP contribution in [0.15, 0.2) is 24.4 Å². The molecule has 0 saturated carbocycles. The number of hydrogen-bond donors (Lipinski definition) is 1. The topological polar surface area (TPSA) is 28.2 Å². The molecule has 0 aromatic carbocycles. The zero-order chi connectivity index (χ0) is 13.8. The molecule has 0 aliphatic heterocycles. The number of nitrogens with one attached hydrogen (secondary N) is 1. The smallest absolute Gasteiger partial charge is 0.0543 e. The molecular formula is C16H29N3. The minimum atomic E-state index is 0.978. The van der Waals surface area contributed by atoms with Crippen molar-refractivity contribution < 1.29 is 0 Å². The maximum atomic E-state index is 4.39. The van der Waals surface area contributed by atoms with E-state index in [1.54, 1.807) is 0 Å². The fourth-order valence-electron chi connectivity index (χ4n) is 2.13. The van der Waals surface area contributed by atoms with Crippen LogP contribution in [0.4, 0.5) is 0 Å². The number of nitrogens with zero attached hydrogens (tertiary/aromatic N) is 2. The van der Waals surface area contributed by atoms with E-state index in [0.29, 0.717) is 0 Å². The van der Waals surface area contributed by atoms with Gasteiger partial charge in [0.05, 0.1) is 5.69 Å². The first-order valence-corrected chi connectivity index (χ1v) is 7.69. The fourth-order valence-corrected chi connectivity index (χ4v) is 2.13. The van der Waals surface area contributed by atoms with E-state index in [9.17, 15) is 0 Å². The Labute approximate surface area is 118 Å². The summed E-state index contributed by atoms with van der Waals surface area (Å²) in [6.07, 6.45) is 7.00. The Kier molecular flexibility index (Phi) is 9.29. The van der Waals surface area contributed by atoms with Gasteiger partial charge in [0.15, 0.2) is 0 Å². The molecular weight excluding hydrogens is 234 g/mol. The van der Waals surface area contributed by atoms with E-state index >= 15 is 0 Å². The Morgan fingerprint density at radius 1 is 1.11 bits per heavy atom. The van der Waals surface area contributed by atoms with Crippen LogP contribution in [-0.4, -0.2) is 36.1 Å². The highest BCUT2D eigenvalue weighted by Gasteiger charge is 2.03. The van der Waals surface area contributed by atoms with E-state index in [0.717, 1.165) is 19.6 Å². The third kappa shape index (κ3) is 7.96. The van der Waals surface area contributed by atoms with Crippen molar-refractivity contribution in [3.05, 3.63) is 30.1 Å². The second kappa shape index (κ2) is 10.9. The molecule has 19 heavy (non-hydrogen) atoms. The van der Waals surface area contributed by atoms with Crippen molar-refractivity contribution in [3.8, 4) is 0 Å². The van der Waals surface area contributed by atoms with Crippen molar-refractivity contribution in [2.75, 3.05) is 26.2 Å². The van der Waals surface area contributed by atoms with Gasteiger partial charge in [-0.3, -0.25) is 9.88 Å². The van der Waals surface area contributed by atoms with E-state index in [1.165, 1.54) is 44.5 Å². The molecule has 1 aromatic heterocycles.